The fourth-order valence-electron chi connectivity index (χ4n) is 7.09. The molecule has 0 bridgehead atoms. The fourth-order valence-corrected chi connectivity index (χ4v) is 7.09. The average Bonchev–Trinajstić information content (AvgIpc) is 3.39. The molecule has 2 aliphatic heterocycles. The van der Waals surface area contributed by atoms with Crippen LogP contribution in [0.15, 0.2) is 48.6 Å². The minimum atomic E-state index is -1.16. The summed E-state index contributed by atoms with van der Waals surface area (Å²) in [5.41, 5.74) is 2.52. The molecule has 2 aromatic rings. The van der Waals surface area contributed by atoms with Crippen LogP contribution >= 0.6 is 0 Å². The number of hydrogen-bond donors (Lipinski definition) is 3. The molecule has 3 aliphatic rings. The standard InChI is InChI=1S/C34H45FN4O5/c1-22(2)32-30(14-13-28(40)18-29(41)19-31(42)43)39(26-11-9-25(35)10-12-26)36-33(32)34(44)38-16-5-8-27(21-38)37-17-15-23-6-3-4-7-24(23)20-37/h3-4,6-7,9-12,22-24,27-29,40-41H,5,8,13-21H2,1-2H3,(H,42,43)/t23?,24?,27-,28+,29+/m0/s1. The molecule has 238 valence electrons. The maximum absolute atomic E-state index is 14.2. The molecule has 5 rings (SSSR count). The van der Waals surface area contributed by atoms with Gasteiger partial charge in [0.05, 0.1) is 24.3 Å². The van der Waals surface area contributed by atoms with E-state index in [9.17, 15) is 24.2 Å². The van der Waals surface area contributed by atoms with Crippen LogP contribution in [0.5, 0.6) is 0 Å². The van der Waals surface area contributed by atoms with Crippen LogP contribution in [0, 0.1) is 17.7 Å². The van der Waals surface area contributed by atoms with Crippen LogP contribution in [0.1, 0.15) is 80.0 Å². The summed E-state index contributed by atoms with van der Waals surface area (Å²) in [7, 11) is 0. The summed E-state index contributed by atoms with van der Waals surface area (Å²) < 4.78 is 15.5. The Balaban J connectivity index is 1.38. The zero-order valence-corrected chi connectivity index (χ0v) is 25.7. The number of aromatic nitrogens is 2. The number of rotatable bonds is 11. The van der Waals surface area contributed by atoms with Gasteiger partial charge >= 0.3 is 5.97 Å². The van der Waals surface area contributed by atoms with Gasteiger partial charge in [0.25, 0.3) is 5.91 Å². The summed E-state index contributed by atoms with van der Waals surface area (Å²) >= 11 is 0. The van der Waals surface area contributed by atoms with E-state index >= 15 is 0 Å². The quantitative estimate of drug-likeness (QED) is 0.348. The van der Waals surface area contributed by atoms with Crippen molar-refractivity contribution in [3.05, 3.63) is 71.3 Å². The first-order valence-electron chi connectivity index (χ1n) is 15.9. The van der Waals surface area contributed by atoms with Gasteiger partial charge in [-0.15, -0.1) is 0 Å². The molecular weight excluding hydrogens is 563 g/mol. The molecule has 0 spiro atoms. The smallest absolute Gasteiger partial charge is 0.305 e. The molecule has 5 atom stereocenters. The summed E-state index contributed by atoms with van der Waals surface area (Å²) in [6.07, 6.45) is 9.98. The van der Waals surface area contributed by atoms with Crippen LogP contribution in [0.25, 0.3) is 5.69 Å². The number of likely N-dealkylation sites (tertiary alicyclic amines) is 2. The number of aliphatic hydroxyl groups is 2. The Morgan fingerprint density at radius 3 is 2.43 bits per heavy atom. The van der Waals surface area contributed by atoms with Gasteiger partial charge in [0.1, 0.15) is 5.82 Å². The molecule has 2 unspecified atom stereocenters. The number of nitrogens with zero attached hydrogens (tertiary/aromatic N) is 4. The zero-order chi connectivity index (χ0) is 31.4. The van der Waals surface area contributed by atoms with Crippen molar-refractivity contribution in [2.45, 2.75) is 83.0 Å². The number of carboxylic acid groups (broad SMARTS) is 1. The topological polar surface area (TPSA) is 119 Å². The van der Waals surface area contributed by atoms with Crippen molar-refractivity contribution in [2.75, 3.05) is 26.2 Å². The number of benzene rings is 1. The Kier molecular flexibility index (Phi) is 10.3. The highest BCUT2D eigenvalue weighted by molar-refractivity contribution is 5.94. The molecule has 2 saturated heterocycles. The third-order valence-corrected chi connectivity index (χ3v) is 9.31. The summed E-state index contributed by atoms with van der Waals surface area (Å²) in [5.74, 6) is -0.571. The Hall–Kier alpha value is -3.34. The SMILES string of the molecule is CC(C)c1c(C(=O)N2CCC[C@H](N3CCC4C=CC=CC4C3)C2)nn(-c2ccc(F)cc2)c1CC[C@@H](O)C[C@@H](O)CC(=O)O. The maximum atomic E-state index is 14.2. The second-order valence-corrected chi connectivity index (χ2v) is 12.9. The van der Waals surface area contributed by atoms with E-state index in [4.69, 9.17) is 10.2 Å². The molecular formula is C34H45FN4O5. The molecule has 0 saturated carbocycles. The van der Waals surface area contributed by atoms with Crippen LogP contribution in [0.3, 0.4) is 0 Å². The number of hydrogen-bond acceptors (Lipinski definition) is 6. The Morgan fingerprint density at radius 1 is 1.00 bits per heavy atom. The molecule has 10 heteroatoms. The zero-order valence-electron chi connectivity index (χ0n) is 25.7. The number of fused-ring (bicyclic) bond motifs is 1. The average molecular weight is 609 g/mol. The van der Waals surface area contributed by atoms with Gasteiger partial charge in [-0.2, -0.15) is 5.10 Å². The molecule has 1 aliphatic carbocycles. The summed E-state index contributed by atoms with van der Waals surface area (Å²) in [4.78, 5) is 29.7. The third kappa shape index (κ3) is 7.47. The minimum absolute atomic E-state index is 0.0568. The molecule has 3 N–H and O–H groups in total. The highest BCUT2D eigenvalue weighted by Crippen LogP contribution is 2.33. The van der Waals surface area contributed by atoms with Crippen LogP contribution in [0.4, 0.5) is 4.39 Å². The molecule has 1 aromatic heterocycles. The number of carbonyl (C=O) groups is 2. The first-order chi connectivity index (χ1) is 21.1. The van der Waals surface area contributed by atoms with Crippen LogP contribution in [-0.4, -0.2) is 91.2 Å². The molecule has 9 nitrogen and oxygen atoms in total. The van der Waals surface area contributed by atoms with Gasteiger partial charge in [-0.1, -0.05) is 38.2 Å². The molecule has 3 heterocycles. The summed E-state index contributed by atoms with van der Waals surface area (Å²) in [6, 6.07) is 6.23. The van der Waals surface area contributed by atoms with Gasteiger partial charge in [0.15, 0.2) is 5.69 Å². The lowest BCUT2D eigenvalue weighted by atomic mass is 9.82. The normalized spacial score (nSPS) is 23.5. The van der Waals surface area contributed by atoms with Crippen molar-refractivity contribution < 1.29 is 29.3 Å². The molecule has 1 amide bonds. The molecule has 0 radical (unpaired) electrons. The van der Waals surface area contributed by atoms with Gasteiger partial charge in [-0.3, -0.25) is 14.5 Å². The van der Waals surface area contributed by atoms with E-state index in [-0.39, 0.29) is 30.5 Å². The van der Waals surface area contributed by atoms with E-state index in [0.717, 1.165) is 43.6 Å². The number of aliphatic hydroxyl groups excluding tert-OH is 2. The van der Waals surface area contributed by atoms with Crippen LogP contribution in [0.2, 0.25) is 0 Å². The number of amides is 1. The molecule has 44 heavy (non-hydrogen) atoms. The van der Waals surface area contributed by atoms with E-state index < -0.39 is 24.6 Å². The number of carbonyl (C=O) groups excluding carboxylic acids is 1. The highest BCUT2D eigenvalue weighted by Gasteiger charge is 2.36. The second-order valence-electron chi connectivity index (χ2n) is 12.9. The fraction of sp³-hybridized carbons (Fsp3) is 0.559. The van der Waals surface area contributed by atoms with Crippen molar-refractivity contribution >= 4 is 11.9 Å². The second kappa shape index (κ2) is 14.2. The van der Waals surface area contributed by atoms with Gasteiger partial charge in [0.2, 0.25) is 0 Å². The lowest BCUT2D eigenvalue weighted by Gasteiger charge is -2.44. The van der Waals surface area contributed by atoms with E-state index in [1.807, 2.05) is 18.7 Å². The Bertz CT molecular complexity index is 1370. The summed E-state index contributed by atoms with van der Waals surface area (Å²) in [5, 5.41) is 34.5. The van der Waals surface area contributed by atoms with Crippen molar-refractivity contribution in [3.8, 4) is 5.69 Å². The molecule has 2 fully saturated rings. The minimum Gasteiger partial charge on any atom is -0.481 e. The van der Waals surface area contributed by atoms with Gasteiger partial charge in [-0.25, -0.2) is 9.07 Å². The van der Waals surface area contributed by atoms with E-state index in [0.29, 0.717) is 48.8 Å². The number of aliphatic carboxylic acids is 1. The van der Waals surface area contributed by atoms with Crippen molar-refractivity contribution in [1.82, 2.24) is 19.6 Å². The number of halogens is 1. The van der Waals surface area contributed by atoms with Gasteiger partial charge < -0.3 is 20.2 Å². The van der Waals surface area contributed by atoms with Crippen molar-refractivity contribution in [1.29, 1.82) is 0 Å². The number of allylic oxidation sites excluding steroid dienone is 3. The third-order valence-electron chi connectivity index (χ3n) is 9.31. The first-order valence-corrected chi connectivity index (χ1v) is 15.9. The van der Waals surface area contributed by atoms with Crippen LogP contribution in [-0.2, 0) is 11.2 Å². The van der Waals surface area contributed by atoms with Gasteiger partial charge in [0, 0.05) is 36.9 Å². The predicted molar refractivity (Wildman–Crippen MR) is 165 cm³/mol. The molecule has 1 aromatic carbocycles. The highest BCUT2D eigenvalue weighted by atomic mass is 19.1. The van der Waals surface area contributed by atoms with Gasteiger partial charge in [-0.05, 0) is 87.1 Å². The predicted octanol–water partition coefficient (Wildman–Crippen LogP) is 4.32. The first kappa shape index (κ1) is 32.1. The van der Waals surface area contributed by atoms with Crippen LogP contribution < -0.4 is 0 Å². The Morgan fingerprint density at radius 2 is 1.73 bits per heavy atom. The Labute approximate surface area is 258 Å². The van der Waals surface area contributed by atoms with Crippen molar-refractivity contribution in [2.24, 2.45) is 11.8 Å². The largest absolute Gasteiger partial charge is 0.481 e. The lowest BCUT2D eigenvalue weighted by Crippen LogP contribution is -2.53. The lowest BCUT2D eigenvalue weighted by molar-refractivity contribution is -0.139. The van der Waals surface area contributed by atoms with E-state index in [1.54, 1.807) is 16.8 Å². The summed E-state index contributed by atoms with van der Waals surface area (Å²) in [6.45, 7) is 7.35. The van der Waals surface area contributed by atoms with Crippen molar-refractivity contribution in [3.63, 3.8) is 0 Å². The van der Waals surface area contributed by atoms with E-state index in [2.05, 4.69) is 29.2 Å². The monoisotopic (exact) mass is 608 g/mol. The van der Waals surface area contributed by atoms with E-state index in [1.165, 1.54) is 12.1 Å². The maximum Gasteiger partial charge on any atom is 0.305 e. The number of piperidine rings is 2. The number of carboxylic acids is 1.